The molecule has 2 heterocycles. The Kier molecular flexibility index (Phi) is 3.85. The summed E-state index contributed by atoms with van der Waals surface area (Å²) in [5, 5.41) is 0. The van der Waals surface area contributed by atoms with Gasteiger partial charge in [-0.05, 0) is 31.2 Å². The Hall–Kier alpha value is -2.30. The van der Waals surface area contributed by atoms with Crippen LogP contribution in [0.15, 0.2) is 34.9 Å². The second-order valence-electron chi connectivity index (χ2n) is 4.41. The van der Waals surface area contributed by atoms with Crippen LogP contribution in [0, 0.1) is 6.92 Å². The van der Waals surface area contributed by atoms with Gasteiger partial charge in [0.05, 0.1) is 11.9 Å². The van der Waals surface area contributed by atoms with Crippen molar-refractivity contribution in [3.05, 3.63) is 42.0 Å². The molecule has 0 bridgehead atoms. The van der Waals surface area contributed by atoms with E-state index in [-0.39, 0.29) is 5.91 Å². The van der Waals surface area contributed by atoms with E-state index in [2.05, 4.69) is 4.98 Å². The number of hydrogen-bond donors (Lipinski definition) is 1. The minimum absolute atomic E-state index is 0.00803. The average molecular weight is 259 g/mol. The van der Waals surface area contributed by atoms with Gasteiger partial charge in [0.2, 0.25) is 5.91 Å². The maximum atomic E-state index is 12.0. The van der Waals surface area contributed by atoms with E-state index in [1.165, 1.54) is 11.1 Å². The first-order valence-corrected chi connectivity index (χ1v) is 6.09. The van der Waals surface area contributed by atoms with E-state index < -0.39 is 0 Å². The SMILES string of the molecule is Cc1ccc(CCC(=O)N(C)c2ccc(N)cn2)o1. The second kappa shape index (κ2) is 5.56. The van der Waals surface area contributed by atoms with E-state index in [9.17, 15) is 4.79 Å². The smallest absolute Gasteiger partial charge is 0.228 e. The van der Waals surface area contributed by atoms with Gasteiger partial charge in [-0.15, -0.1) is 0 Å². The molecule has 0 atom stereocenters. The average Bonchev–Trinajstić information content (AvgIpc) is 2.82. The zero-order chi connectivity index (χ0) is 13.8. The van der Waals surface area contributed by atoms with E-state index in [1.54, 1.807) is 19.2 Å². The molecule has 1 amide bonds. The molecule has 0 aliphatic rings. The molecule has 0 fully saturated rings. The van der Waals surface area contributed by atoms with Gasteiger partial charge in [-0.25, -0.2) is 4.98 Å². The van der Waals surface area contributed by atoms with Gasteiger partial charge >= 0.3 is 0 Å². The Balaban J connectivity index is 1.94. The maximum absolute atomic E-state index is 12.0. The highest BCUT2D eigenvalue weighted by Crippen LogP contribution is 2.14. The predicted octanol–water partition coefficient (Wildman–Crippen LogP) is 2.16. The Bertz CT molecular complexity index is 560. The van der Waals surface area contributed by atoms with Gasteiger partial charge < -0.3 is 10.2 Å². The number of aryl methyl sites for hydroxylation is 2. The lowest BCUT2D eigenvalue weighted by molar-refractivity contribution is -0.118. The summed E-state index contributed by atoms with van der Waals surface area (Å²) in [6.45, 7) is 1.88. The molecule has 0 aromatic carbocycles. The fourth-order valence-electron chi connectivity index (χ4n) is 1.74. The summed E-state index contributed by atoms with van der Waals surface area (Å²) in [5.41, 5.74) is 6.14. The van der Waals surface area contributed by atoms with Crippen molar-refractivity contribution in [3.8, 4) is 0 Å². The second-order valence-corrected chi connectivity index (χ2v) is 4.41. The first-order chi connectivity index (χ1) is 9.06. The minimum Gasteiger partial charge on any atom is -0.466 e. The number of carbonyl (C=O) groups excluding carboxylic acids is 1. The number of anilines is 2. The summed E-state index contributed by atoms with van der Waals surface area (Å²) < 4.78 is 5.43. The number of amides is 1. The molecular formula is C14H17N3O2. The number of nitrogen functional groups attached to an aromatic ring is 1. The van der Waals surface area contributed by atoms with Gasteiger partial charge in [0.25, 0.3) is 0 Å². The van der Waals surface area contributed by atoms with Crippen LogP contribution < -0.4 is 10.6 Å². The van der Waals surface area contributed by atoms with Gasteiger partial charge in [-0.1, -0.05) is 0 Å². The lowest BCUT2D eigenvalue weighted by Gasteiger charge is -2.15. The Labute approximate surface area is 112 Å². The topological polar surface area (TPSA) is 72.4 Å². The molecule has 0 aliphatic heterocycles. The predicted molar refractivity (Wildman–Crippen MR) is 73.8 cm³/mol. The molecule has 19 heavy (non-hydrogen) atoms. The van der Waals surface area contributed by atoms with Gasteiger partial charge in [-0.3, -0.25) is 9.69 Å². The normalized spacial score (nSPS) is 10.4. The molecular weight excluding hydrogens is 242 g/mol. The quantitative estimate of drug-likeness (QED) is 0.913. The highest BCUT2D eigenvalue weighted by molar-refractivity contribution is 5.91. The van der Waals surface area contributed by atoms with Crippen molar-refractivity contribution < 1.29 is 9.21 Å². The van der Waals surface area contributed by atoms with Crippen LogP contribution in [0.4, 0.5) is 11.5 Å². The molecule has 100 valence electrons. The summed E-state index contributed by atoms with van der Waals surface area (Å²) in [7, 11) is 1.70. The van der Waals surface area contributed by atoms with Gasteiger partial charge in [-0.2, -0.15) is 0 Å². The summed E-state index contributed by atoms with van der Waals surface area (Å²) in [6, 6.07) is 7.24. The van der Waals surface area contributed by atoms with E-state index in [0.29, 0.717) is 24.3 Å². The minimum atomic E-state index is -0.00803. The van der Waals surface area contributed by atoms with Gasteiger partial charge in [0, 0.05) is 19.9 Å². The van der Waals surface area contributed by atoms with E-state index >= 15 is 0 Å². The van der Waals surface area contributed by atoms with Crippen LogP contribution in [-0.4, -0.2) is 17.9 Å². The third kappa shape index (κ3) is 3.34. The van der Waals surface area contributed by atoms with E-state index in [0.717, 1.165) is 11.5 Å². The van der Waals surface area contributed by atoms with Crippen molar-refractivity contribution in [2.24, 2.45) is 0 Å². The molecule has 0 spiro atoms. The van der Waals surface area contributed by atoms with Crippen LogP contribution in [0.25, 0.3) is 0 Å². The van der Waals surface area contributed by atoms with Gasteiger partial charge in [0.1, 0.15) is 17.3 Å². The summed E-state index contributed by atoms with van der Waals surface area (Å²) in [4.78, 5) is 17.7. The van der Waals surface area contributed by atoms with Crippen LogP contribution in [-0.2, 0) is 11.2 Å². The monoisotopic (exact) mass is 259 g/mol. The molecule has 2 N–H and O–H groups in total. The van der Waals surface area contributed by atoms with Crippen LogP contribution in [0.5, 0.6) is 0 Å². The Morgan fingerprint density at radius 3 is 2.74 bits per heavy atom. The van der Waals surface area contributed by atoms with Crippen molar-refractivity contribution in [2.45, 2.75) is 19.8 Å². The van der Waals surface area contributed by atoms with Crippen molar-refractivity contribution in [3.63, 3.8) is 0 Å². The standard InChI is InChI=1S/C14H17N3O2/c1-10-3-5-12(19-10)6-8-14(18)17(2)13-7-4-11(15)9-16-13/h3-5,7,9H,6,8,15H2,1-2H3. The fourth-order valence-corrected chi connectivity index (χ4v) is 1.74. The third-order valence-corrected chi connectivity index (χ3v) is 2.87. The molecule has 2 aromatic rings. The zero-order valence-corrected chi connectivity index (χ0v) is 11.1. The Morgan fingerprint density at radius 2 is 2.16 bits per heavy atom. The largest absolute Gasteiger partial charge is 0.466 e. The molecule has 0 radical (unpaired) electrons. The zero-order valence-electron chi connectivity index (χ0n) is 11.1. The maximum Gasteiger partial charge on any atom is 0.228 e. The van der Waals surface area contributed by atoms with Crippen molar-refractivity contribution in [1.82, 2.24) is 4.98 Å². The van der Waals surface area contributed by atoms with E-state index in [1.807, 2.05) is 19.1 Å². The fraction of sp³-hybridized carbons (Fsp3) is 0.286. The molecule has 5 heteroatoms. The molecule has 0 saturated heterocycles. The van der Waals surface area contributed by atoms with Crippen LogP contribution in [0.2, 0.25) is 0 Å². The van der Waals surface area contributed by atoms with Crippen LogP contribution in [0.1, 0.15) is 17.9 Å². The van der Waals surface area contributed by atoms with Crippen molar-refractivity contribution in [2.75, 3.05) is 17.7 Å². The third-order valence-electron chi connectivity index (χ3n) is 2.87. The number of aromatic nitrogens is 1. The lowest BCUT2D eigenvalue weighted by Crippen LogP contribution is -2.27. The molecule has 5 nitrogen and oxygen atoms in total. The summed E-state index contributed by atoms with van der Waals surface area (Å²) >= 11 is 0. The lowest BCUT2D eigenvalue weighted by atomic mass is 10.2. The van der Waals surface area contributed by atoms with Crippen molar-refractivity contribution in [1.29, 1.82) is 0 Å². The number of carbonyl (C=O) groups is 1. The molecule has 0 aliphatic carbocycles. The first kappa shape index (κ1) is 13.1. The Morgan fingerprint density at radius 1 is 1.37 bits per heavy atom. The number of nitrogens with zero attached hydrogens (tertiary/aromatic N) is 2. The molecule has 0 unspecified atom stereocenters. The van der Waals surface area contributed by atoms with Gasteiger partial charge in [0.15, 0.2) is 0 Å². The van der Waals surface area contributed by atoms with Crippen LogP contribution >= 0.6 is 0 Å². The van der Waals surface area contributed by atoms with Crippen LogP contribution in [0.3, 0.4) is 0 Å². The number of furan rings is 1. The molecule has 0 saturated carbocycles. The molecule has 2 rings (SSSR count). The molecule has 2 aromatic heterocycles. The number of nitrogens with two attached hydrogens (primary N) is 1. The number of hydrogen-bond acceptors (Lipinski definition) is 4. The highest BCUT2D eigenvalue weighted by Gasteiger charge is 2.12. The highest BCUT2D eigenvalue weighted by atomic mass is 16.3. The first-order valence-electron chi connectivity index (χ1n) is 6.09. The number of pyridine rings is 1. The van der Waals surface area contributed by atoms with E-state index in [4.69, 9.17) is 10.2 Å². The summed E-state index contributed by atoms with van der Waals surface area (Å²) in [5.74, 6) is 2.27. The number of rotatable bonds is 4. The summed E-state index contributed by atoms with van der Waals surface area (Å²) in [6.07, 6.45) is 2.51. The van der Waals surface area contributed by atoms with Crippen molar-refractivity contribution >= 4 is 17.4 Å².